The minimum atomic E-state index is -4.56. The summed E-state index contributed by atoms with van der Waals surface area (Å²) in [7, 11) is 0. The molecular weight excluding hydrogens is 301 g/mol. The van der Waals surface area contributed by atoms with Gasteiger partial charge in [-0.25, -0.2) is 0 Å². The summed E-state index contributed by atoms with van der Waals surface area (Å²) in [6.45, 7) is 2.73. The quantitative estimate of drug-likeness (QED) is 0.743. The van der Waals surface area contributed by atoms with Gasteiger partial charge in [0.2, 0.25) is 5.91 Å². The largest absolute Gasteiger partial charge is 0.417 e. The molecule has 0 unspecified atom stereocenters. The Morgan fingerprint density at radius 2 is 2.05 bits per heavy atom. The molecule has 8 heteroatoms. The van der Waals surface area contributed by atoms with E-state index >= 15 is 0 Å². The number of pyridine rings is 1. The summed E-state index contributed by atoms with van der Waals surface area (Å²) in [4.78, 5) is 23.1. The Balaban J connectivity index is 2.49. The fraction of sp³-hybridized carbons (Fsp3) is 0.571. The molecule has 0 aliphatic rings. The van der Waals surface area contributed by atoms with Crippen LogP contribution >= 0.6 is 0 Å². The van der Waals surface area contributed by atoms with Gasteiger partial charge >= 0.3 is 6.18 Å². The minimum absolute atomic E-state index is 0.246. The summed E-state index contributed by atoms with van der Waals surface area (Å²) >= 11 is 0. The molecule has 1 aromatic rings. The van der Waals surface area contributed by atoms with E-state index in [1.165, 1.54) is 0 Å². The number of amides is 1. The van der Waals surface area contributed by atoms with E-state index in [9.17, 15) is 22.8 Å². The number of carbonyl (C=O) groups excluding carboxylic acids is 1. The summed E-state index contributed by atoms with van der Waals surface area (Å²) < 4.78 is 43.6. The molecule has 0 aromatic carbocycles. The van der Waals surface area contributed by atoms with Gasteiger partial charge in [0.1, 0.15) is 6.54 Å². The standard InChI is InChI=1S/C14H19F3N2O3/c1-2-3-7-22-8-6-18-12(20)10-19-9-11(14(15,16)17)4-5-13(19)21/h4-5,9H,2-3,6-8,10H2,1H3,(H,18,20). The lowest BCUT2D eigenvalue weighted by atomic mass is 10.3. The second kappa shape index (κ2) is 8.57. The van der Waals surface area contributed by atoms with Gasteiger partial charge in [-0.1, -0.05) is 13.3 Å². The molecule has 5 nitrogen and oxygen atoms in total. The highest BCUT2D eigenvalue weighted by Crippen LogP contribution is 2.27. The van der Waals surface area contributed by atoms with Crippen LogP contribution < -0.4 is 10.9 Å². The molecule has 1 N–H and O–H groups in total. The van der Waals surface area contributed by atoms with Crippen molar-refractivity contribution in [2.24, 2.45) is 0 Å². The molecule has 124 valence electrons. The first-order chi connectivity index (χ1) is 10.3. The van der Waals surface area contributed by atoms with Gasteiger partial charge in [0.05, 0.1) is 12.2 Å². The summed E-state index contributed by atoms with van der Waals surface area (Å²) in [5.74, 6) is -0.541. The summed E-state index contributed by atoms with van der Waals surface area (Å²) in [5.41, 5.74) is -1.63. The van der Waals surface area contributed by atoms with Gasteiger partial charge in [0, 0.05) is 25.4 Å². The van der Waals surface area contributed by atoms with Crippen molar-refractivity contribution in [3.63, 3.8) is 0 Å². The van der Waals surface area contributed by atoms with Gasteiger partial charge in [0.25, 0.3) is 5.56 Å². The molecule has 0 saturated heterocycles. The molecule has 22 heavy (non-hydrogen) atoms. The fourth-order valence-electron chi connectivity index (χ4n) is 1.64. The normalized spacial score (nSPS) is 11.5. The van der Waals surface area contributed by atoms with Gasteiger partial charge in [-0.15, -0.1) is 0 Å². The zero-order valence-corrected chi connectivity index (χ0v) is 12.3. The molecule has 0 bridgehead atoms. The Morgan fingerprint density at radius 3 is 2.68 bits per heavy atom. The third-order valence-electron chi connectivity index (χ3n) is 2.84. The van der Waals surface area contributed by atoms with Crippen LogP contribution in [-0.4, -0.2) is 30.2 Å². The average Bonchev–Trinajstić information content (AvgIpc) is 2.44. The monoisotopic (exact) mass is 320 g/mol. The molecule has 0 fully saturated rings. The molecule has 0 aliphatic carbocycles. The molecule has 0 atom stereocenters. The lowest BCUT2D eigenvalue weighted by molar-refractivity contribution is -0.138. The zero-order valence-electron chi connectivity index (χ0n) is 12.3. The number of nitrogens with one attached hydrogen (secondary N) is 1. The summed E-state index contributed by atoms with van der Waals surface area (Å²) in [5, 5.41) is 2.49. The molecule has 1 rings (SSSR count). The third kappa shape index (κ3) is 6.30. The maximum absolute atomic E-state index is 12.6. The summed E-state index contributed by atoms with van der Waals surface area (Å²) in [6.07, 6.45) is -1.99. The first-order valence-corrected chi connectivity index (χ1v) is 6.96. The van der Waals surface area contributed by atoms with Gasteiger partial charge < -0.3 is 14.6 Å². The number of nitrogens with zero attached hydrogens (tertiary/aromatic N) is 1. The number of rotatable bonds is 8. The lowest BCUT2D eigenvalue weighted by Crippen LogP contribution is -2.34. The number of halogens is 3. The van der Waals surface area contributed by atoms with Crippen LogP contribution in [0.5, 0.6) is 0 Å². The Bertz CT molecular complexity index is 541. The number of hydrogen-bond donors (Lipinski definition) is 1. The van der Waals surface area contributed by atoms with E-state index in [0.717, 1.165) is 23.5 Å². The van der Waals surface area contributed by atoms with E-state index in [1.54, 1.807) is 0 Å². The number of hydrogen-bond acceptors (Lipinski definition) is 3. The van der Waals surface area contributed by atoms with Crippen LogP contribution in [0.15, 0.2) is 23.1 Å². The van der Waals surface area contributed by atoms with Crippen molar-refractivity contribution >= 4 is 5.91 Å². The summed E-state index contributed by atoms with van der Waals surface area (Å²) in [6, 6.07) is 1.49. The number of ether oxygens (including phenoxy) is 1. The van der Waals surface area contributed by atoms with Crippen molar-refractivity contribution in [3.8, 4) is 0 Å². The van der Waals surface area contributed by atoms with Gasteiger partial charge in [0.15, 0.2) is 0 Å². The lowest BCUT2D eigenvalue weighted by Gasteiger charge is -2.11. The van der Waals surface area contributed by atoms with Crippen LogP contribution in [0.3, 0.4) is 0 Å². The second-order valence-corrected chi connectivity index (χ2v) is 4.70. The molecule has 1 heterocycles. The molecule has 0 saturated carbocycles. The van der Waals surface area contributed by atoms with Gasteiger partial charge in [-0.3, -0.25) is 9.59 Å². The minimum Gasteiger partial charge on any atom is -0.380 e. The zero-order chi connectivity index (χ0) is 16.6. The van der Waals surface area contributed by atoms with Crippen molar-refractivity contribution < 1.29 is 22.7 Å². The fourth-order valence-corrected chi connectivity index (χ4v) is 1.64. The second-order valence-electron chi connectivity index (χ2n) is 4.70. The van der Waals surface area contributed by atoms with Gasteiger partial charge in [-0.05, 0) is 12.5 Å². The number of unbranched alkanes of at least 4 members (excludes halogenated alkanes) is 1. The van der Waals surface area contributed by atoms with Crippen molar-refractivity contribution in [2.75, 3.05) is 19.8 Å². The van der Waals surface area contributed by atoms with Crippen LogP contribution in [0.1, 0.15) is 25.3 Å². The third-order valence-corrected chi connectivity index (χ3v) is 2.84. The van der Waals surface area contributed by atoms with E-state index in [-0.39, 0.29) is 6.54 Å². The Hall–Kier alpha value is -1.83. The first kappa shape index (κ1) is 18.2. The van der Waals surface area contributed by atoms with Crippen molar-refractivity contribution in [2.45, 2.75) is 32.5 Å². The first-order valence-electron chi connectivity index (χ1n) is 6.96. The predicted molar refractivity (Wildman–Crippen MR) is 74.4 cm³/mol. The van der Waals surface area contributed by atoms with E-state index in [1.807, 2.05) is 6.92 Å². The predicted octanol–water partition coefficient (Wildman–Crippen LogP) is 1.80. The van der Waals surface area contributed by atoms with E-state index in [2.05, 4.69) is 5.32 Å². The SMILES string of the molecule is CCCCOCCNC(=O)Cn1cc(C(F)(F)F)ccc1=O. The van der Waals surface area contributed by atoms with Crippen LogP contribution in [0, 0.1) is 0 Å². The van der Waals surface area contributed by atoms with E-state index < -0.39 is 29.8 Å². The van der Waals surface area contributed by atoms with Crippen LogP contribution in [0.25, 0.3) is 0 Å². The maximum atomic E-state index is 12.6. The average molecular weight is 320 g/mol. The molecule has 0 radical (unpaired) electrons. The maximum Gasteiger partial charge on any atom is 0.417 e. The highest BCUT2D eigenvalue weighted by molar-refractivity contribution is 5.75. The number of aromatic nitrogens is 1. The molecule has 0 aliphatic heterocycles. The Labute approximate surface area is 126 Å². The van der Waals surface area contributed by atoms with Crippen molar-refractivity contribution in [3.05, 3.63) is 34.2 Å². The van der Waals surface area contributed by atoms with Crippen LogP contribution in [0.4, 0.5) is 13.2 Å². The van der Waals surface area contributed by atoms with Gasteiger partial charge in [-0.2, -0.15) is 13.2 Å². The van der Waals surface area contributed by atoms with Crippen LogP contribution in [-0.2, 0) is 22.3 Å². The highest BCUT2D eigenvalue weighted by Gasteiger charge is 2.31. The molecule has 1 amide bonds. The van der Waals surface area contributed by atoms with E-state index in [4.69, 9.17) is 4.74 Å². The number of alkyl halides is 3. The molecule has 1 aromatic heterocycles. The molecular formula is C14H19F3N2O3. The Morgan fingerprint density at radius 1 is 1.32 bits per heavy atom. The van der Waals surface area contributed by atoms with Crippen molar-refractivity contribution in [1.29, 1.82) is 0 Å². The van der Waals surface area contributed by atoms with Crippen LogP contribution in [0.2, 0.25) is 0 Å². The topological polar surface area (TPSA) is 60.3 Å². The highest BCUT2D eigenvalue weighted by atomic mass is 19.4. The molecule has 0 spiro atoms. The van der Waals surface area contributed by atoms with E-state index in [0.29, 0.717) is 25.5 Å². The Kier molecular flexibility index (Phi) is 7.10. The number of carbonyl (C=O) groups is 1. The van der Waals surface area contributed by atoms with Crippen molar-refractivity contribution in [1.82, 2.24) is 9.88 Å². The smallest absolute Gasteiger partial charge is 0.380 e.